The first-order chi connectivity index (χ1) is 6.72. The second-order valence-corrected chi connectivity index (χ2v) is 4.41. The molecule has 0 unspecified atom stereocenters. The average molecular weight is 278 g/mol. The van der Waals surface area contributed by atoms with Crippen molar-refractivity contribution >= 4 is 27.5 Å². The molecular formula is C10H14BrClN2. The number of halogens is 2. The maximum absolute atomic E-state index is 5.83. The zero-order valence-electron chi connectivity index (χ0n) is 8.26. The number of aromatic nitrogens is 2. The van der Waals surface area contributed by atoms with E-state index in [4.69, 9.17) is 11.6 Å². The van der Waals surface area contributed by atoms with Gasteiger partial charge in [0.2, 0.25) is 0 Å². The van der Waals surface area contributed by atoms with Gasteiger partial charge in [0.15, 0.2) is 0 Å². The summed E-state index contributed by atoms with van der Waals surface area (Å²) in [6.45, 7) is 1.87. The molecule has 0 amide bonds. The van der Waals surface area contributed by atoms with Gasteiger partial charge in [0.05, 0.1) is 0 Å². The van der Waals surface area contributed by atoms with Gasteiger partial charge in [-0.25, -0.2) is 9.97 Å². The molecule has 14 heavy (non-hydrogen) atoms. The molecule has 0 aliphatic rings. The monoisotopic (exact) mass is 276 g/mol. The van der Waals surface area contributed by atoms with Crippen LogP contribution in [0.3, 0.4) is 0 Å². The number of hydrogen-bond acceptors (Lipinski definition) is 2. The van der Waals surface area contributed by atoms with Crippen molar-refractivity contribution in [3.63, 3.8) is 0 Å². The lowest BCUT2D eigenvalue weighted by atomic mass is 10.1. The van der Waals surface area contributed by atoms with Gasteiger partial charge < -0.3 is 0 Å². The minimum absolute atomic E-state index is 0.549. The number of aryl methyl sites for hydroxylation is 2. The Balaban J connectivity index is 2.42. The fourth-order valence-electron chi connectivity index (χ4n) is 1.29. The fraction of sp³-hybridized carbons (Fsp3) is 0.600. The highest BCUT2D eigenvalue weighted by atomic mass is 79.9. The van der Waals surface area contributed by atoms with Crippen LogP contribution in [0.25, 0.3) is 0 Å². The summed E-state index contributed by atoms with van der Waals surface area (Å²) in [6, 6.07) is 1.85. The Morgan fingerprint density at radius 1 is 1.29 bits per heavy atom. The van der Waals surface area contributed by atoms with Crippen LogP contribution in [-0.4, -0.2) is 15.3 Å². The predicted molar refractivity (Wildman–Crippen MR) is 63.1 cm³/mol. The Labute approximate surface area is 98.2 Å². The van der Waals surface area contributed by atoms with Gasteiger partial charge in [-0.05, 0) is 32.3 Å². The maximum Gasteiger partial charge on any atom is 0.133 e. The third-order valence-corrected chi connectivity index (χ3v) is 2.68. The third kappa shape index (κ3) is 4.38. The highest BCUT2D eigenvalue weighted by molar-refractivity contribution is 9.09. The zero-order valence-corrected chi connectivity index (χ0v) is 10.6. The summed E-state index contributed by atoms with van der Waals surface area (Å²) in [7, 11) is 0. The Bertz CT molecular complexity index is 271. The summed E-state index contributed by atoms with van der Waals surface area (Å²) in [5.41, 5.74) is 1.05. The van der Waals surface area contributed by atoms with E-state index in [0.29, 0.717) is 5.15 Å². The van der Waals surface area contributed by atoms with Crippen LogP contribution in [0.2, 0.25) is 5.15 Å². The minimum atomic E-state index is 0.549. The van der Waals surface area contributed by atoms with Crippen molar-refractivity contribution in [3.8, 4) is 0 Å². The third-order valence-electron chi connectivity index (χ3n) is 1.93. The molecule has 0 bridgehead atoms. The minimum Gasteiger partial charge on any atom is -0.238 e. The molecule has 0 aromatic carbocycles. The van der Waals surface area contributed by atoms with E-state index in [1.54, 1.807) is 0 Å². The van der Waals surface area contributed by atoms with Gasteiger partial charge in [-0.3, -0.25) is 0 Å². The van der Waals surface area contributed by atoms with Crippen molar-refractivity contribution in [3.05, 3.63) is 22.7 Å². The Morgan fingerprint density at radius 3 is 2.71 bits per heavy atom. The van der Waals surface area contributed by atoms with Crippen molar-refractivity contribution in [1.29, 1.82) is 0 Å². The molecule has 78 valence electrons. The van der Waals surface area contributed by atoms with Crippen molar-refractivity contribution < 1.29 is 0 Å². The van der Waals surface area contributed by atoms with E-state index in [2.05, 4.69) is 25.9 Å². The fourth-order valence-corrected chi connectivity index (χ4v) is 1.94. The smallest absolute Gasteiger partial charge is 0.133 e. The van der Waals surface area contributed by atoms with Crippen molar-refractivity contribution in [2.24, 2.45) is 0 Å². The van der Waals surface area contributed by atoms with Crippen LogP contribution in [0.15, 0.2) is 6.07 Å². The van der Waals surface area contributed by atoms with Crippen LogP contribution < -0.4 is 0 Å². The van der Waals surface area contributed by atoms with Gasteiger partial charge >= 0.3 is 0 Å². The molecule has 1 heterocycles. The summed E-state index contributed by atoms with van der Waals surface area (Å²) < 4.78 is 0. The Hall–Kier alpha value is -0.150. The number of hydrogen-bond donors (Lipinski definition) is 0. The van der Waals surface area contributed by atoms with Gasteiger partial charge in [-0.1, -0.05) is 34.0 Å². The largest absolute Gasteiger partial charge is 0.238 e. The molecule has 1 rings (SSSR count). The molecule has 1 aromatic heterocycles. The summed E-state index contributed by atoms with van der Waals surface area (Å²) >= 11 is 9.24. The topological polar surface area (TPSA) is 25.8 Å². The van der Waals surface area contributed by atoms with Crippen molar-refractivity contribution in [2.45, 2.75) is 32.6 Å². The van der Waals surface area contributed by atoms with Gasteiger partial charge in [-0.15, -0.1) is 0 Å². The van der Waals surface area contributed by atoms with Crippen molar-refractivity contribution in [2.75, 3.05) is 5.33 Å². The zero-order chi connectivity index (χ0) is 10.4. The standard InChI is InChI=1S/C10H14BrClN2/c1-8-13-9(7-10(12)14-8)5-3-2-4-6-11/h7H,2-6H2,1H3. The molecule has 0 atom stereocenters. The van der Waals surface area contributed by atoms with E-state index in [1.807, 2.05) is 13.0 Å². The quantitative estimate of drug-likeness (QED) is 0.467. The van der Waals surface area contributed by atoms with Crippen LogP contribution in [0.4, 0.5) is 0 Å². The summed E-state index contributed by atoms with van der Waals surface area (Å²) in [4.78, 5) is 8.35. The van der Waals surface area contributed by atoms with Crippen LogP contribution >= 0.6 is 27.5 Å². The normalized spacial score (nSPS) is 10.5. The molecule has 1 aromatic rings. The van der Waals surface area contributed by atoms with E-state index < -0.39 is 0 Å². The van der Waals surface area contributed by atoms with Crippen LogP contribution in [-0.2, 0) is 6.42 Å². The van der Waals surface area contributed by atoms with E-state index in [0.717, 1.165) is 23.3 Å². The van der Waals surface area contributed by atoms with E-state index >= 15 is 0 Å². The highest BCUT2D eigenvalue weighted by Crippen LogP contribution is 2.10. The predicted octanol–water partition coefficient (Wildman–Crippen LogP) is 3.55. The first-order valence-corrected chi connectivity index (χ1v) is 6.28. The molecule has 2 nitrogen and oxygen atoms in total. The highest BCUT2D eigenvalue weighted by Gasteiger charge is 1.99. The number of unbranched alkanes of at least 4 members (excludes halogenated alkanes) is 2. The second kappa shape index (κ2) is 6.36. The molecule has 0 aliphatic carbocycles. The van der Waals surface area contributed by atoms with Gasteiger partial charge in [0.25, 0.3) is 0 Å². The lowest BCUT2D eigenvalue weighted by molar-refractivity contribution is 0.709. The van der Waals surface area contributed by atoms with Crippen molar-refractivity contribution in [1.82, 2.24) is 9.97 Å². The molecule has 4 heteroatoms. The van der Waals surface area contributed by atoms with Crippen LogP contribution in [0, 0.1) is 6.92 Å². The van der Waals surface area contributed by atoms with E-state index in [-0.39, 0.29) is 0 Å². The van der Waals surface area contributed by atoms with E-state index in [1.165, 1.54) is 19.3 Å². The lowest BCUT2D eigenvalue weighted by Crippen LogP contribution is -1.96. The molecule has 0 radical (unpaired) electrons. The first-order valence-electron chi connectivity index (χ1n) is 4.78. The molecule has 0 saturated carbocycles. The van der Waals surface area contributed by atoms with Crippen LogP contribution in [0.1, 0.15) is 30.8 Å². The molecule has 0 aliphatic heterocycles. The maximum atomic E-state index is 5.83. The van der Waals surface area contributed by atoms with Crippen LogP contribution in [0.5, 0.6) is 0 Å². The summed E-state index contributed by atoms with van der Waals surface area (Å²) in [6.07, 6.45) is 4.61. The first kappa shape index (κ1) is 11.9. The molecule has 0 fully saturated rings. The Kier molecular flexibility index (Phi) is 5.41. The molecule has 0 spiro atoms. The summed E-state index contributed by atoms with van der Waals surface area (Å²) in [5, 5.41) is 1.63. The average Bonchev–Trinajstić information content (AvgIpc) is 2.11. The number of rotatable bonds is 5. The Morgan fingerprint density at radius 2 is 2.07 bits per heavy atom. The lowest BCUT2D eigenvalue weighted by Gasteiger charge is -2.01. The van der Waals surface area contributed by atoms with Gasteiger partial charge in [-0.2, -0.15) is 0 Å². The number of alkyl halides is 1. The van der Waals surface area contributed by atoms with E-state index in [9.17, 15) is 0 Å². The SMILES string of the molecule is Cc1nc(Cl)cc(CCCCCBr)n1. The second-order valence-electron chi connectivity index (χ2n) is 3.23. The molecule has 0 saturated heterocycles. The molecular weight excluding hydrogens is 263 g/mol. The number of nitrogens with zero attached hydrogens (tertiary/aromatic N) is 2. The van der Waals surface area contributed by atoms with Gasteiger partial charge in [0, 0.05) is 11.0 Å². The summed E-state index contributed by atoms with van der Waals surface area (Å²) in [5.74, 6) is 0.757. The molecule has 0 N–H and O–H groups in total. The van der Waals surface area contributed by atoms with Gasteiger partial charge in [0.1, 0.15) is 11.0 Å².